The van der Waals surface area contributed by atoms with Crippen LogP contribution in [0.3, 0.4) is 0 Å². The monoisotopic (exact) mass is 124 g/mol. The van der Waals surface area contributed by atoms with E-state index < -0.39 is 0 Å². The number of aryl methyl sites for hydroxylation is 1. The van der Waals surface area contributed by atoms with Crippen LogP contribution in [0, 0.1) is 6.20 Å². The Morgan fingerprint density at radius 2 is 2.56 bits per heavy atom. The van der Waals surface area contributed by atoms with E-state index in [4.69, 9.17) is 5.73 Å². The molecule has 0 spiro atoms. The van der Waals surface area contributed by atoms with E-state index in [0.717, 1.165) is 4.68 Å². The molecule has 1 heterocycles. The highest BCUT2D eigenvalue weighted by Gasteiger charge is 1.92. The van der Waals surface area contributed by atoms with E-state index in [1.807, 2.05) is 0 Å². The summed E-state index contributed by atoms with van der Waals surface area (Å²) >= 11 is 0. The van der Waals surface area contributed by atoms with Crippen LogP contribution in [0.15, 0.2) is 10.9 Å². The van der Waals surface area contributed by atoms with Crippen LogP contribution < -0.4 is 11.3 Å². The number of nitrogens with two attached hydrogens (primary N) is 1. The van der Waals surface area contributed by atoms with Crippen LogP contribution in [0.5, 0.6) is 0 Å². The number of anilines is 1. The minimum atomic E-state index is -0.284. The summed E-state index contributed by atoms with van der Waals surface area (Å²) in [4.78, 5) is 10.7. The first-order valence-corrected chi connectivity index (χ1v) is 2.41. The van der Waals surface area contributed by atoms with Crippen LogP contribution >= 0.6 is 0 Å². The fraction of sp³-hybridized carbons (Fsp3) is 0.200. The number of hydrogen-bond acceptors (Lipinski definition) is 3. The van der Waals surface area contributed by atoms with Gasteiger partial charge in [-0.05, 0) is 6.07 Å². The van der Waals surface area contributed by atoms with Gasteiger partial charge in [-0.2, -0.15) is 5.10 Å². The Morgan fingerprint density at radius 1 is 1.89 bits per heavy atom. The van der Waals surface area contributed by atoms with E-state index in [9.17, 15) is 4.79 Å². The third kappa shape index (κ3) is 0.910. The molecule has 4 heteroatoms. The van der Waals surface area contributed by atoms with Gasteiger partial charge < -0.3 is 5.73 Å². The summed E-state index contributed by atoms with van der Waals surface area (Å²) in [6, 6.07) is 1.35. The number of nitrogen functional groups attached to an aromatic ring is 1. The fourth-order valence-electron chi connectivity index (χ4n) is 0.479. The largest absolute Gasteiger partial charge is 0.394 e. The van der Waals surface area contributed by atoms with Gasteiger partial charge in [0, 0.05) is 7.05 Å². The van der Waals surface area contributed by atoms with Crippen molar-refractivity contribution >= 4 is 5.69 Å². The van der Waals surface area contributed by atoms with E-state index in [2.05, 4.69) is 11.3 Å². The van der Waals surface area contributed by atoms with Crippen molar-refractivity contribution in [2.45, 2.75) is 0 Å². The van der Waals surface area contributed by atoms with Crippen molar-refractivity contribution in [1.82, 2.24) is 9.78 Å². The summed E-state index contributed by atoms with van der Waals surface area (Å²) in [5, 5.41) is 3.54. The Morgan fingerprint density at radius 3 is 3.00 bits per heavy atom. The van der Waals surface area contributed by atoms with Gasteiger partial charge in [0.15, 0.2) is 0 Å². The zero-order valence-electron chi connectivity index (χ0n) is 4.96. The minimum Gasteiger partial charge on any atom is -0.394 e. The van der Waals surface area contributed by atoms with E-state index in [-0.39, 0.29) is 11.2 Å². The number of hydrogen-bond donors (Lipinski definition) is 1. The van der Waals surface area contributed by atoms with Gasteiger partial charge in [0.1, 0.15) is 11.9 Å². The summed E-state index contributed by atoms with van der Waals surface area (Å²) in [5.74, 6) is 0. The van der Waals surface area contributed by atoms with Crippen LogP contribution in [-0.4, -0.2) is 9.78 Å². The quantitative estimate of drug-likeness (QED) is 0.490. The van der Waals surface area contributed by atoms with Gasteiger partial charge in [0.2, 0.25) is 0 Å². The van der Waals surface area contributed by atoms with E-state index in [0.29, 0.717) is 0 Å². The molecule has 1 rings (SSSR count). The molecule has 0 saturated heterocycles. The molecule has 1 aromatic rings. The highest BCUT2D eigenvalue weighted by molar-refractivity contribution is 5.31. The maximum atomic E-state index is 10.7. The predicted octanol–water partition coefficient (Wildman–Crippen LogP) is -0.837. The molecule has 0 atom stereocenters. The maximum Gasteiger partial charge on any atom is 0.289 e. The lowest BCUT2D eigenvalue weighted by atomic mass is 10.5. The Labute approximate surface area is 51.9 Å². The summed E-state index contributed by atoms with van der Waals surface area (Å²) < 4.78 is 1.13. The van der Waals surface area contributed by atoms with Gasteiger partial charge in [0.05, 0.1) is 0 Å². The number of nitrogens with zero attached hydrogens (tertiary/aromatic N) is 2. The molecule has 0 aliphatic heterocycles. The molecule has 9 heavy (non-hydrogen) atoms. The van der Waals surface area contributed by atoms with Gasteiger partial charge in [-0.15, -0.1) is 0 Å². The van der Waals surface area contributed by atoms with Crippen LogP contribution in [0.4, 0.5) is 5.69 Å². The molecular weight excluding hydrogens is 118 g/mol. The maximum absolute atomic E-state index is 10.7. The molecule has 0 aliphatic carbocycles. The molecule has 0 bridgehead atoms. The average molecular weight is 124 g/mol. The second-order valence-electron chi connectivity index (χ2n) is 1.66. The van der Waals surface area contributed by atoms with Crippen LogP contribution in [0.1, 0.15) is 0 Å². The first-order chi connectivity index (χ1) is 4.22. The zero-order chi connectivity index (χ0) is 6.85. The van der Waals surface area contributed by atoms with Gasteiger partial charge in [0.25, 0.3) is 5.56 Å². The first-order valence-electron chi connectivity index (χ1n) is 2.41. The second-order valence-corrected chi connectivity index (χ2v) is 1.66. The molecule has 0 fully saturated rings. The molecular formula is C5H6N3O. The molecule has 0 aromatic carbocycles. The second kappa shape index (κ2) is 1.89. The van der Waals surface area contributed by atoms with Crippen molar-refractivity contribution in [1.29, 1.82) is 0 Å². The highest BCUT2D eigenvalue weighted by Crippen LogP contribution is 1.83. The summed E-state index contributed by atoms with van der Waals surface area (Å²) in [6.07, 6.45) is 2.46. The minimum absolute atomic E-state index is 0.174. The molecule has 1 radical (unpaired) electrons. The SMILES string of the molecule is Cn1n[c]cc(N)c1=O. The molecule has 0 aliphatic rings. The van der Waals surface area contributed by atoms with Crippen LogP contribution in [-0.2, 0) is 7.05 Å². The predicted molar refractivity (Wildman–Crippen MR) is 32.7 cm³/mol. The molecule has 47 valence electrons. The normalized spacial score (nSPS) is 9.44. The van der Waals surface area contributed by atoms with Crippen molar-refractivity contribution in [2.75, 3.05) is 5.73 Å². The van der Waals surface area contributed by atoms with Gasteiger partial charge in [-0.25, -0.2) is 4.68 Å². The van der Waals surface area contributed by atoms with Gasteiger partial charge >= 0.3 is 0 Å². The third-order valence-electron chi connectivity index (χ3n) is 0.969. The molecule has 1 aromatic heterocycles. The summed E-state index contributed by atoms with van der Waals surface area (Å²) in [7, 11) is 1.52. The Balaban J connectivity index is 3.43. The van der Waals surface area contributed by atoms with Crippen molar-refractivity contribution in [3.05, 3.63) is 22.6 Å². The molecule has 0 saturated carbocycles. The van der Waals surface area contributed by atoms with Gasteiger partial charge in [-0.1, -0.05) is 0 Å². The summed E-state index contributed by atoms with van der Waals surface area (Å²) in [5.41, 5.74) is 5.11. The Kier molecular flexibility index (Phi) is 1.22. The van der Waals surface area contributed by atoms with Crippen molar-refractivity contribution in [2.24, 2.45) is 7.05 Å². The zero-order valence-corrected chi connectivity index (χ0v) is 4.96. The van der Waals surface area contributed by atoms with Crippen molar-refractivity contribution < 1.29 is 0 Å². The van der Waals surface area contributed by atoms with Gasteiger partial charge in [-0.3, -0.25) is 4.79 Å². The van der Waals surface area contributed by atoms with E-state index in [1.165, 1.54) is 13.1 Å². The lowest BCUT2D eigenvalue weighted by Gasteiger charge is -1.92. The van der Waals surface area contributed by atoms with Crippen LogP contribution in [0.2, 0.25) is 0 Å². The van der Waals surface area contributed by atoms with E-state index in [1.54, 1.807) is 0 Å². The number of rotatable bonds is 0. The van der Waals surface area contributed by atoms with Crippen LogP contribution in [0.25, 0.3) is 0 Å². The molecule has 0 unspecified atom stereocenters. The lowest BCUT2D eigenvalue weighted by Crippen LogP contribution is -2.21. The fourth-order valence-corrected chi connectivity index (χ4v) is 0.479. The number of aromatic nitrogens is 2. The topological polar surface area (TPSA) is 60.9 Å². The van der Waals surface area contributed by atoms with Crippen molar-refractivity contribution in [3.8, 4) is 0 Å². The average Bonchev–Trinajstić information content (AvgIpc) is 1.83. The molecule has 0 amide bonds. The highest BCUT2D eigenvalue weighted by atomic mass is 16.1. The van der Waals surface area contributed by atoms with Crippen molar-refractivity contribution in [3.63, 3.8) is 0 Å². The smallest absolute Gasteiger partial charge is 0.289 e. The molecule has 4 nitrogen and oxygen atoms in total. The Hall–Kier alpha value is -1.32. The Bertz CT molecular complexity index is 242. The third-order valence-corrected chi connectivity index (χ3v) is 0.969. The summed E-state index contributed by atoms with van der Waals surface area (Å²) in [6.45, 7) is 0. The van der Waals surface area contributed by atoms with E-state index >= 15 is 0 Å². The standard InChI is InChI=1S/C5H6N3O/c1-8-5(9)4(6)2-3-7-8/h2H,6H2,1H3. The molecule has 2 N–H and O–H groups in total. The lowest BCUT2D eigenvalue weighted by molar-refractivity contribution is 0.707. The first kappa shape index (κ1) is 5.81.